The minimum Gasteiger partial charge on any atom is -0.345 e. The van der Waals surface area contributed by atoms with Gasteiger partial charge in [-0.3, -0.25) is 4.79 Å². The van der Waals surface area contributed by atoms with Crippen LogP contribution in [0.1, 0.15) is 51.7 Å². The summed E-state index contributed by atoms with van der Waals surface area (Å²) in [6.45, 7) is 18.2. The first-order valence-electron chi connectivity index (χ1n) is 13.6. The lowest BCUT2D eigenvalue weighted by molar-refractivity contribution is -0.110. The van der Waals surface area contributed by atoms with E-state index in [-0.39, 0.29) is 11.2 Å². The van der Waals surface area contributed by atoms with Crippen molar-refractivity contribution in [3.63, 3.8) is 0 Å². The summed E-state index contributed by atoms with van der Waals surface area (Å²) in [5.74, 6) is -0.0385. The highest BCUT2D eigenvalue weighted by atomic mass is 16.1. The van der Waals surface area contributed by atoms with Crippen molar-refractivity contribution >= 4 is 17.2 Å². The Labute approximate surface area is 229 Å². The fourth-order valence-electron chi connectivity index (χ4n) is 5.04. The Morgan fingerprint density at radius 1 is 0.974 bits per heavy atom. The van der Waals surface area contributed by atoms with Crippen LogP contribution in [0.4, 0.5) is 11.4 Å². The first-order valence-corrected chi connectivity index (χ1v) is 13.6. The Kier molecular flexibility index (Phi) is 10.3. The topological polar surface area (TPSA) is 23.6 Å². The van der Waals surface area contributed by atoms with Crippen molar-refractivity contribution in [1.29, 1.82) is 0 Å². The average Bonchev–Trinajstić information content (AvgIpc) is 3.13. The molecule has 1 heterocycles. The fraction of sp³-hybridized carbons (Fsp3) is 0.286. The average molecular weight is 507 g/mol. The number of fused-ring (bicyclic) bond motifs is 1. The molecule has 3 nitrogen and oxygen atoms in total. The third-order valence-corrected chi connectivity index (χ3v) is 7.11. The van der Waals surface area contributed by atoms with Crippen molar-refractivity contribution in [2.45, 2.75) is 52.4 Å². The number of benzene rings is 2. The molecule has 2 aromatic carbocycles. The van der Waals surface area contributed by atoms with E-state index in [1.807, 2.05) is 30.4 Å². The maximum Gasteiger partial charge on any atom is 0.178 e. The van der Waals surface area contributed by atoms with E-state index in [1.54, 1.807) is 12.2 Å². The molecule has 0 amide bonds. The highest BCUT2D eigenvalue weighted by molar-refractivity contribution is 5.99. The summed E-state index contributed by atoms with van der Waals surface area (Å²) in [4.78, 5) is 17.3. The van der Waals surface area contributed by atoms with Gasteiger partial charge in [-0.05, 0) is 73.7 Å². The zero-order valence-electron chi connectivity index (χ0n) is 23.5. The molecule has 0 fully saturated rings. The van der Waals surface area contributed by atoms with Gasteiger partial charge in [-0.25, -0.2) is 0 Å². The van der Waals surface area contributed by atoms with Crippen LogP contribution in [-0.4, -0.2) is 18.9 Å². The molecule has 38 heavy (non-hydrogen) atoms. The van der Waals surface area contributed by atoms with E-state index < -0.39 is 0 Å². The predicted molar refractivity (Wildman–Crippen MR) is 165 cm³/mol. The normalized spacial score (nSPS) is 15.8. The lowest BCUT2D eigenvalue weighted by Crippen LogP contribution is -2.26. The van der Waals surface area contributed by atoms with E-state index in [1.165, 1.54) is 28.2 Å². The molecule has 2 aromatic rings. The third kappa shape index (κ3) is 6.72. The number of anilines is 2. The van der Waals surface area contributed by atoms with E-state index in [2.05, 4.69) is 105 Å². The standard InChI is InChI=1S/C35H42N2O/c1-7-10-26-36(32-23-14-12-19-29(32)9-3)28(4)18-16-20-30(38)21-17-25-34-35(5,6)31-22-13-15-24-33(31)37(34)27-11-8-2/h7-8,12-25H,1-2,9-11,26-27H2,3-6H3/b20-16+,21-17+,28-18+,34-25+. The monoisotopic (exact) mass is 506 g/mol. The SMILES string of the molecule is C=CCCN(/C(C)=C/C=C/C(=O)/C=C/C=C1/N(CCC=C)c2ccccc2C1(C)C)c1ccccc1CC. The fourth-order valence-corrected chi connectivity index (χ4v) is 5.04. The maximum atomic E-state index is 12.7. The molecule has 0 aromatic heterocycles. The zero-order chi connectivity index (χ0) is 27.5. The Morgan fingerprint density at radius 3 is 2.39 bits per heavy atom. The quantitative estimate of drug-likeness (QED) is 0.155. The minimum atomic E-state index is -0.134. The van der Waals surface area contributed by atoms with Crippen LogP contribution in [0, 0.1) is 0 Å². The largest absolute Gasteiger partial charge is 0.345 e. The Balaban J connectivity index is 1.76. The van der Waals surface area contributed by atoms with Crippen LogP contribution in [0.25, 0.3) is 0 Å². The van der Waals surface area contributed by atoms with E-state index in [0.717, 1.165) is 38.0 Å². The number of carbonyl (C=O) groups excluding carboxylic acids is 1. The van der Waals surface area contributed by atoms with Crippen LogP contribution in [0.5, 0.6) is 0 Å². The summed E-state index contributed by atoms with van der Waals surface area (Å²) in [6.07, 6.45) is 17.7. The molecule has 0 bridgehead atoms. The molecule has 3 heteroatoms. The van der Waals surface area contributed by atoms with Crippen molar-refractivity contribution in [3.05, 3.63) is 133 Å². The molecule has 198 valence electrons. The van der Waals surface area contributed by atoms with Crippen LogP contribution in [0.3, 0.4) is 0 Å². The summed E-state index contributed by atoms with van der Waals surface area (Å²) in [5.41, 5.74) is 7.20. The zero-order valence-corrected chi connectivity index (χ0v) is 23.5. The summed E-state index contributed by atoms with van der Waals surface area (Å²) < 4.78 is 0. The van der Waals surface area contributed by atoms with Crippen LogP contribution < -0.4 is 9.80 Å². The smallest absolute Gasteiger partial charge is 0.178 e. The van der Waals surface area contributed by atoms with Crippen LogP contribution in [0.15, 0.2) is 122 Å². The highest BCUT2D eigenvalue weighted by Crippen LogP contribution is 2.47. The first kappa shape index (κ1) is 28.7. The van der Waals surface area contributed by atoms with Crippen molar-refractivity contribution in [1.82, 2.24) is 0 Å². The predicted octanol–water partition coefficient (Wildman–Crippen LogP) is 8.47. The molecule has 0 atom stereocenters. The van der Waals surface area contributed by atoms with Gasteiger partial charge in [-0.15, -0.1) is 13.2 Å². The van der Waals surface area contributed by atoms with Gasteiger partial charge < -0.3 is 9.80 Å². The molecule has 0 radical (unpaired) electrons. The summed E-state index contributed by atoms with van der Waals surface area (Å²) in [7, 11) is 0. The molecule has 1 aliphatic rings. The molecule has 3 rings (SSSR count). The van der Waals surface area contributed by atoms with E-state index in [9.17, 15) is 4.79 Å². The Hall–Kier alpha value is -3.85. The number of allylic oxidation sites excluding steroid dienone is 8. The van der Waals surface area contributed by atoms with Gasteiger partial charge in [0.05, 0.1) is 0 Å². The van der Waals surface area contributed by atoms with E-state index in [4.69, 9.17) is 0 Å². The molecule has 0 aliphatic carbocycles. The number of carbonyl (C=O) groups is 1. The van der Waals surface area contributed by atoms with Crippen LogP contribution >= 0.6 is 0 Å². The van der Waals surface area contributed by atoms with Gasteiger partial charge in [-0.1, -0.05) is 81.5 Å². The molecular formula is C35H42N2O. The molecular weight excluding hydrogens is 464 g/mol. The number of hydrogen-bond donors (Lipinski definition) is 0. The van der Waals surface area contributed by atoms with Gasteiger partial charge in [0.1, 0.15) is 0 Å². The van der Waals surface area contributed by atoms with E-state index in [0.29, 0.717) is 0 Å². The highest BCUT2D eigenvalue weighted by Gasteiger charge is 2.39. The first-order chi connectivity index (χ1) is 18.3. The molecule has 0 unspecified atom stereocenters. The van der Waals surface area contributed by atoms with Crippen molar-refractivity contribution in [2.75, 3.05) is 22.9 Å². The molecule has 0 N–H and O–H groups in total. The number of aryl methyl sites for hydroxylation is 1. The lowest BCUT2D eigenvalue weighted by Gasteiger charge is -2.27. The van der Waals surface area contributed by atoms with Gasteiger partial charge in [0.2, 0.25) is 0 Å². The van der Waals surface area contributed by atoms with Gasteiger partial charge in [0.25, 0.3) is 0 Å². The van der Waals surface area contributed by atoms with Crippen molar-refractivity contribution in [2.24, 2.45) is 0 Å². The second-order valence-electron chi connectivity index (χ2n) is 10.1. The Morgan fingerprint density at radius 2 is 1.66 bits per heavy atom. The minimum absolute atomic E-state index is 0.0385. The number of nitrogens with zero attached hydrogens (tertiary/aromatic N) is 2. The number of rotatable bonds is 13. The van der Waals surface area contributed by atoms with Crippen molar-refractivity contribution in [3.8, 4) is 0 Å². The van der Waals surface area contributed by atoms with Crippen LogP contribution in [-0.2, 0) is 16.6 Å². The summed E-state index contributed by atoms with van der Waals surface area (Å²) in [5, 5.41) is 0. The molecule has 0 saturated heterocycles. The van der Waals surface area contributed by atoms with Crippen LogP contribution in [0.2, 0.25) is 0 Å². The van der Waals surface area contributed by atoms with Gasteiger partial charge in [0, 0.05) is 41.3 Å². The molecule has 0 saturated carbocycles. The third-order valence-electron chi connectivity index (χ3n) is 7.11. The number of ketones is 1. The van der Waals surface area contributed by atoms with Gasteiger partial charge in [0.15, 0.2) is 5.78 Å². The Bertz CT molecular complexity index is 1260. The summed E-state index contributed by atoms with van der Waals surface area (Å²) >= 11 is 0. The second kappa shape index (κ2) is 13.6. The molecule has 0 spiro atoms. The summed E-state index contributed by atoms with van der Waals surface area (Å²) in [6, 6.07) is 17.0. The van der Waals surface area contributed by atoms with Gasteiger partial charge in [-0.2, -0.15) is 0 Å². The number of hydrogen-bond acceptors (Lipinski definition) is 3. The lowest BCUT2D eigenvalue weighted by atomic mass is 9.84. The van der Waals surface area contributed by atoms with Gasteiger partial charge >= 0.3 is 0 Å². The number of para-hydroxylation sites is 2. The maximum absolute atomic E-state index is 12.7. The second-order valence-corrected chi connectivity index (χ2v) is 10.1. The van der Waals surface area contributed by atoms with E-state index >= 15 is 0 Å². The van der Waals surface area contributed by atoms with Crippen molar-refractivity contribution < 1.29 is 4.79 Å². The molecule has 1 aliphatic heterocycles.